The highest BCUT2D eigenvalue weighted by Gasteiger charge is 2.01. The van der Waals surface area contributed by atoms with Gasteiger partial charge in [0.25, 0.3) is 0 Å². The highest BCUT2D eigenvalue weighted by Crippen LogP contribution is 2.14. The van der Waals surface area contributed by atoms with Crippen molar-refractivity contribution in [3.8, 4) is 0 Å². The quantitative estimate of drug-likeness (QED) is 0.644. The molecular formula is C12H16O. The first-order valence-electron chi connectivity index (χ1n) is 4.83. The molecule has 0 aliphatic carbocycles. The standard InChI is InChI=1S/C12H16O/c1-3-4-6-11-7-5-8-12(9-13)10(11)2/h5,7-9H,3-4,6H2,1-2H3. The zero-order valence-corrected chi connectivity index (χ0v) is 8.34. The number of benzene rings is 1. The molecule has 1 aromatic rings. The lowest BCUT2D eigenvalue weighted by atomic mass is 9.99. The summed E-state index contributed by atoms with van der Waals surface area (Å²) in [6.45, 7) is 4.20. The number of carbonyl (C=O) groups excluding carboxylic acids is 1. The number of hydrogen-bond acceptors (Lipinski definition) is 1. The molecule has 0 aliphatic rings. The van der Waals surface area contributed by atoms with Gasteiger partial charge in [-0.2, -0.15) is 0 Å². The van der Waals surface area contributed by atoms with E-state index >= 15 is 0 Å². The predicted molar refractivity (Wildman–Crippen MR) is 55.2 cm³/mol. The van der Waals surface area contributed by atoms with Crippen LogP contribution >= 0.6 is 0 Å². The lowest BCUT2D eigenvalue weighted by Gasteiger charge is -2.06. The SMILES string of the molecule is CCCCc1cccc(C=O)c1C. The van der Waals surface area contributed by atoms with E-state index in [1.165, 1.54) is 18.4 Å². The highest BCUT2D eigenvalue weighted by molar-refractivity contribution is 5.77. The molecule has 0 aromatic heterocycles. The molecule has 0 unspecified atom stereocenters. The fourth-order valence-electron chi connectivity index (χ4n) is 1.47. The van der Waals surface area contributed by atoms with Gasteiger partial charge in [-0.05, 0) is 30.9 Å². The van der Waals surface area contributed by atoms with E-state index in [1.807, 2.05) is 19.1 Å². The first-order chi connectivity index (χ1) is 6.29. The van der Waals surface area contributed by atoms with Crippen molar-refractivity contribution in [2.75, 3.05) is 0 Å². The summed E-state index contributed by atoms with van der Waals surface area (Å²) in [5.41, 5.74) is 3.28. The van der Waals surface area contributed by atoms with E-state index in [0.29, 0.717) is 0 Å². The molecule has 0 N–H and O–H groups in total. The van der Waals surface area contributed by atoms with E-state index in [1.54, 1.807) is 0 Å². The van der Waals surface area contributed by atoms with Crippen LogP contribution in [0.5, 0.6) is 0 Å². The van der Waals surface area contributed by atoms with Gasteiger partial charge < -0.3 is 0 Å². The van der Waals surface area contributed by atoms with E-state index in [-0.39, 0.29) is 0 Å². The van der Waals surface area contributed by atoms with E-state index in [2.05, 4.69) is 13.0 Å². The van der Waals surface area contributed by atoms with Gasteiger partial charge in [0, 0.05) is 5.56 Å². The van der Waals surface area contributed by atoms with Gasteiger partial charge in [-0.15, -0.1) is 0 Å². The first kappa shape index (κ1) is 9.97. The number of unbranched alkanes of at least 4 members (excludes halogenated alkanes) is 1. The first-order valence-corrected chi connectivity index (χ1v) is 4.83. The van der Waals surface area contributed by atoms with E-state index in [0.717, 1.165) is 23.8 Å². The minimum atomic E-state index is 0.827. The summed E-state index contributed by atoms with van der Waals surface area (Å²) in [5, 5.41) is 0. The molecule has 0 heterocycles. The summed E-state index contributed by atoms with van der Waals surface area (Å²) in [5.74, 6) is 0. The van der Waals surface area contributed by atoms with Crippen molar-refractivity contribution in [2.24, 2.45) is 0 Å². The number of aldehydes is 1. The van der Waals surface area contributed by atoms with Gasteiger partial charge in [0.2, 0.25) is 0 Å². The molecular weight excluding hydrogens is 160 g/mol. The van der Waals surface area contributed by atoms with Crippen molar-refractivity contribution in [3.05, 3.63) is 34.9 Å². The van der Waals surface area contributed by atoms with Crippen LogP contribution in [-0.4, -0.2) is 6.29 Å². The molecule has 0 atom stereocenters. The Balaban J connectivity index is 2.87. The van der Waals surface area contributed by atoms with Crippen LogP contribution in [0.3, 0.4) is 0 Å². The third kappa shape index (κ3) is 2.41. The molecule has 1 rings (SSSR count). The van der Waals surface area contributed by atoms with Crippen molar-refractivity contribution in [3.63, 3.8) is 0 Å². The zero-order valence-electron chi connectivity index (χ0n) is 8.34. The smallest absolute Gasteiger partial charge is 0.150 e. The van der Waals surface area contributed by atoms with Gasteiger partial charge in [0.1, 0.15) is 6.29 Å². The third-order valence-electron chi connectivity index (χ3n) is 2.41. The average Bonchev–Trinajstić information content (AvgIpc) is 2.16. The summed E-state index contributed by atoms with van der Waals surface area (Å²) in [7, 11) is 0. The minimum absolute atomic E-state index is 0.827. The molecule has 1 nitrogen and oxygen atoms in total. The number of hydrogen-bond donors (Lipinski definition) is 0. The predicted octanol–water partition coefficient (Wildman–Crippen LogP) is 3.15. The Hall–Kier alpha value is -1.11. The van der Waals surface area contributed by atoms with E-state index in [4.69, 9.17) is 0 Å². The summed E-state index contributed by atoms with van der Waals surface area (Å²) in [6.07, 6.45) is 4.42. The van der Waals surface area contributed by atoms with Crippen LogP contribution in [0.2, 0.25) is 0 Å². The maximum atomic E-state index is 10.7. The van der Waals surface area contributed by atoms with Crippen molar-refractivity contribution >= 4 is 6.29 Å². The van der Waals surface area contributed by atoms with Crippen molar-refractivity contribution in [2.45, 2.75) is 33.1 Å². The van der Waals surface area contributed by atoms with Gasteiger partial charge in [-0.25, -0.2) is 0 Å². The topological polar surface area (TPSA) is 17.1 Å². The number of rotatable bonds is 4. The monoisotopic (exact) mass is 176 g/mol. The second-order valence-electron chi connectivity index (χ2n) is 3.35. The Morgan fingerprint density at radius 3 is 2.77 bits per heavy atom. The lowest BCUT2D eigenvalue weighted by molar-refractivity contribution is 0.112. The van der Waals surface area contributed by atoms with E-state index < -0.39 is 0 Å². The van der Waals surface area contributed by atoms with Crippen molar-refractivity contribution in [1.29, 1.82) is 0 Å². The second kappa shape index (κ2) is 4.80. The van der Waals surface area contributed by atoms with Crippen LogP contribution in [0, 0.1) is 6.92 Å². The molecule has 1 aromatic carbocycles. The molecule has 13 heavy (non-hydrogen) atoms. The Bertz CT molecular complexity index is 289. The zero-order chi connectivity index (χ0) is 9.68. The van der Waals surface area contributed by atoms with Crippen molar-refractivity contribution in [1.82, 2.24) is 0 Å². The fourth-order valence-corrected chi connectivity index (χ4v) is 1.47. The van der Waals surface area contributed by atoms with Gasteiger partial charge in [0.05, 0.1) is 0 Å². The molecule has 70 valence electrons. The molecule has 1 heteroatoms. The maximum absolute atomic E-state index is 10.7. The fraction of sp³-hybridized carbons (Fsp3) is 0.417. The van der Waals surface area contributed by atoms with Crippen LogP contribution in [0.25, 0.3) is 0 Å². The van der Waals surface area contributed by atoms with E-state index in [9.17, 15) is 4.79 Å². The highest BCUT2D eigenvalue weighted by atomic mass is 16.1. The molecule has 0 radical (unpaired) electrons. The Morgan fingerprint density at radius 2 is 2.15 bits per heavy atom. The molecule has 0 saturated carbocycles. The van der Waals surface area contributed by atoms with Crippen LogP contribution in [0.4, 0.5) is 0 Å². The van der Waals surface area contributed by atoms with Crippen LogP contribution < -0.4 is 0 Å². The van der Waals surface area contributed by atoms with Crippen LogP contribution in [0.15, 0.2) is 18.2 Å². The molecule has 0 saturated heterocycles. The Morgan fingerprint density at radius 1 is 1.38 bits per heavy atom. The largest absolute Gasteiger partial charge is 0.298 e. The molecule has 0 amide bonds. The third-order valence-corrected chi connectivity index (χ3v) is 2.41. The summed E-state index contributed by atoms with van der Waals surface area (Å²) >= 11 is 0. The minimum Gasteiger partial charge on any atom is -0.298 e. The maximum Gasteiger partial charge on any atom is 0.150 e. The average molecular weight is 176 g/mol. The van der Waals surface area contributed by atoms with Gasteiger partial charge in [-0.3, -0.25) is 4.79 Å². The van der Waals surface area contributed by atoms with Crippen LogP contribution in [0.1, 0.15) is 41.3 Å². The lowest BCUT2D eigenvalue weighted by Crippen LogP contribution is -1.94. The Kier molecular flexibility index (Phi) is 3.69. The molecule has 0 bridgehead atoms. The molecule has 0 fully saturated rings. The van der Waals surface area contributed by atoms with Crippen LogP contribution in [-0.2, 0) is 6.42 Å². The summed E-state index contributed by atoms with van der Waals surface area (Å²) < 4.78 is 0. The normalized spacial score (nSPS) is 10.0. The summed E-state index contributed by atoms with van der Waals surface area (Å²) in [4.78, 5) is 10.7. The molecule has 0 spiro atoms. The van der Waals surface area contributed by atoms with Crippen molar-refractivity contribution < 1.29 is 4.79 Å². The number of aryl methyl sites for hydroxylation is 1. The molecule has 0 aliphatic heterocycles. The van der Waals surface area contributed by atoms with Gasteiger partial charge >= 0.3 is 0 Å². The number of carbonyl (C=O) groups is 1. The van der Waals surface area contributed by atoms with Gasteiger partial charge in [-0.1, -0.05) is 31.5 Å². The summed E-state index contributed by atoms with van der Waals surface area (Å²) in [6, 6.07) is 5.94. The van der Waals surface area contributed by atoms with Gasteiger partial charge in [0.15, 0.2) is 0 Å². The Labute approximate surface area is 79.8 Å². The second-order valence-corrected chi connectivity index (χ2v) is 3.35.